The number of rotatable bonds is 7. The third-order valence-electron chi connectivity index (χ3n) is 2.98. The van der Waals surface area contributed by atoms with E-state index < -0.39 is 0 Å². The third kappa shape index (κ3) is 5.26. The van der Waals surface area contributed by atoms with E-state index in [1.807, 2.05) is 0 Å². The molecular weight excluding hydrogens is 338 g/mol. The number of carbonyl (C=O) groups is 2. The van der Waals surface area contributed by atoms with Gasteiger partial charge in [0, 0.05) is 30.6 Å². The summed E-state index contributed by atoms with van der Waals surface area (Å²) in [6.45, 7) is 0. The Balaban J connectivity index is 1.86. The van der Waals surface area contributed by atoms with Gasteiger partial charge in [-0.3, -0.25) is 9.59 Å². The first kappa shape index (κ1) is 17.3. The fourth-order valence-electron chi connectivity index (χ4n) is 1.78. The molecule has 9 heteroatoms. The summed E-state index contributed by atoms with van der Waals surface area (Å²) in [6.07, 6.45) is 0.643. The highest BCUT2D eigenvalue weighted by Crippen LogP contribution is 2.18. The minimum absolute atomic E-state index is 0.154. The molecule has 0 saturated heterocycles. The summed E-state index contributed by atoms with van der Waals surface area (Å²) in [5, 5.41) is 12.0. The first-order valence-electron chi connectivity index (χ1n) is 6.80. The largest absolute Gasteiger partial charge is 0.370 e. The Morgan fingerprint density at radius 2 is 2.00 bits per heavy atom. The Morgan fingerprint density at radius 1 is 1.30 bits per heavy atom. The van der Waals surface area contributed by atoms with Crippen LogP contribution in [0.4, 0.5) is 5.69 Å². The number of nitrogens with two attached hydrogens (primary N) is 1. The third-order valence-corrected chi connectivity index (χ3v) is 4.25. The number of benzene rings is 1. The number of aryl methyl sites for hydroxylation is 1. The number of hydrogen-bond acceptors (Lipinski definition) is 5. The first-order chi connectivity index (χ1) is 11.0. The van der Waals surface area contributed by atoms with Crippen molar-refractivity contribution in [3.63, 3.8) is 0 Å². The van der Waals surface area contributed by atoms with Crippen LogP contribution in [0, 0.1) is 0 Å². The highest BCUT2D eigenvalue weighted by atomic mass is 35.5. The van der Waals surface area contributed by atoms with Crippen molar-refractivity contribution >= 4 is 40.9 Å². The van der Waals surface area contributed by atoms with E-state index >= 15 is 0 Å². The molecule has 0 aliphatic carbocycles. The normalized spacial score (nSPS) is 10.5. The minimum atomic E-state index is -0.385. The van der Waals surface area contributed by atoms with Crippen molar-refractivity contribution in [3.8, 4) is 0 Å². The van der Waals surface area contributed by atoms with E-state index in [4.69, 9.17) is 17.3 Å². The fraction of sp³-hybridized carbons (Fsp3) is 0.286. The SMILES string of the molecule is Cn1c(CCC(N)=O)nnc1SCC(=O)Nc1ccc(Cl)cc1. The van der Waals surface area contributed by atoms with Crippen molar-refractivity contribution in [2.24, 2.45) is 12.8 Å². The number of nitrogens with one attached hydrogen (secondary N) is 1. The van der Waals surface area contributed by atoms with Gasteiger partial charge in [-0.15, -0.1) is 10.2 Å². The Bertz CT molecular complexity index is 702. The van der Waals surface area contributed by atoms with Crippen LogP contribution in [0.25, 0.3) is 0 Å². The molecule has 0 aliphatic rings. The lowest BCUT2D eigenvalue weighted by Crippen LogP contribution is -2.14. The molecule has 1 aromatic carbocycles. The second kappa shape index (κ2) is 7.98. The van der Waals surface area contributed by atoms with E-state index in [1.54, 1.807) is 35.9 Å². The van der Waals surface area contributed by atoms with E-state index in [-0.39, 0.29) is 24.0 Å². The van der Waals surface area contributed by atoms with Gasteiger partial charge in [0.05, 0.1) is 5.75 Å². The van der Waals surface area contributed by atoms with Crippen molar-refractivity contribution in [3.05, 3.63) is 35.1 Å². The minimum Gasteiger partial charge on any atom is -0.370 e. The molecule has 0 fully saturated rings. The van der Waals surface area contributed by atoms with Gasteiger partial charge in [0.1, 0.15) is 5.82 Å². The Hall–Kier alpha value is -2.06. The molecule has 0 unspecified atom stereocenters. The second-order valence-electron chi connectivity index (χ2n) is 4.77. The molecule has 2 amide bonds. The number of carbonyl (C=O) groups excluding carboxylic acids is 2. The lowest BCUT2D eigenvalue weighted by molar-refractivity contribution is -0.118. The Labute approximate surface area is 142 Å². The van der Waals surface area contributed by atoms with Crippen LogP contribution in [0.5, 0.6) is 0 Å². The molecule has 2 rings (SSSR count). The van der Waals surface area contributed by atoms with Crippen molar-refractivity contribution in [1.29, 1.82) is 0 Å². The molecule has 0 radical (unpaired) electrons. The van der Waals surface area contributed by atoms with Gasteiger partial charge in [0.25, 0.3) is 0 Å². The summed E-state index contributed by atoms with van der Waals surface area (Å²) >= 11 is 7.06. The molecular formula is C14H16ClN5O2S. The number of hydrogen-bond donors (Lipinski definition) is 2. The van der Waals surface area contributed by atoms with Crippen LogP contribution in [0.3, 0.4) is 0 Å². The Kier molecular flexibility index (Phi) is 6.00. The molecule has 1 aromatic heterocycles. The lowest BCUT2D eigenvalue weighted by Gasteiger charge is -2.05. The predicted octanol–water partition coefficient (Wildman–Crippen LogP) is 1.62. The quantitative estimate of drug-likeness (QED) is 0.736. The average Bonchev–Trinajstić information content (AvgIpc) is 2.86. The zero-order valence-electron chi connectivity index (χ0n) is 12.5. The average molecular weight is 354 g/mol. The summed E-state index contributed by atoms with van der Waals surface area (Å²) in [6, 6.07) is 6.88. The van der Waals surface area contributed by atoms with Gasteiger partial charge in [-0.05, 0) is 24.3 Å². The van der Waals surface area contributed by atoms with Gasteiger partial charge in [-0.25, -0.2) is 0 Å². The highest BCUT2D eigenvalue weighted by molar-refractivity contribution is 7.99. The molecule has 0 atom stereocenters. The van der Waals surface area contributed by atoms with Crippen LogP contribution >= 0.6 is 23.4 Å². The van der Waals surface area contributed by atoms with Gasteiger partial charge < -0.3 is 15.6 Å². The molecule has 2 aromatic rings. The monoisotopic (exact) mass is 353 g/mol. The summed E-state index contributed by atoms with van der Waals surface area (Å²) < 4.78 is 1.75. The number of halogens is 1. The van der Waals surface area contributed by atoms with Crippen molar-refractivity contribution in [2.75, 3.05) is 11.1 Å². The molecule has 7 nitrogen and oxygen atoms in total. The van der Waals surface area contributed by atoms with Gasteiger partial charge >= 0.3 is 0 Å². The smallest absolute Gasteiger partial charge is 0.234 e. The number of amides is 2. The fourth-order valence-corrected chi connectivity index (χ4v) is 2.64. The zero-order chi connectivity index (χ0) is 16.8. The van der Waals surface area contributed by atoms with Crippen molar-refractivity contribution in [2.45, 2.75) is 18.0 Å². The van der Waals surface area contributed by atoms with Gasteiger partial charge in [0.15, 0.2) is 5.16 Å². The number of thioether (sulfide) groups is 1. The van der Waals surface area contributed by atoms with E-state index in [0.717, 1.165) is 0 Å². The molecule has 0 saturated carbocycles. The van der Waals surface area contributed by atoms with E-state index in [0.29, 0.717) is 28.1 Å². The number of nitrogens with zero attached hydrogens (tertiary/aromatic N) is 3. The van der Waals surface area contributed by atoms with Crippen LogP contribution < -0.4 is 11.1 Å². The van der Waals surface area contributed by atoms with Gasteiger partial charge in [-0.2, -0.15) is 0 Å². The number of aromatic nitrogens is 3. The van der Waals surface area contributed by atoms with Crippen LogP contribution in [0.1, 0.15) is 12.2 Å². The number of anilines is 1. The van der Waals surface area contributed by atoms with Crippen LogP contribution in [0.2, 0.25) is 5.02 Å². The van der Waals surface area contributed by atoms with E-state index in [9.17, 15) is 9.59 Å². The molecule has 3 N–H and O–H groups in total. The molecule has 1 heterocycles. The lowest BCUT2D eigenvalue weighted by atomic mass is 10.3. The van der Waals surface area contributed by atoms with Crippen molar-refractivity contribution in [1.82, 2.24) is 14.8 Å². The summed E-state index contributed by atoms with van der Waals surface area (Å²) in [5.74, 6) is 0.317. The second-order valence-corrected chi connectivity index (χ2v) is 6.15. The topological polar surface area (TPSA) is 103 Å². The predicted molar refractivity (Wildman–Crippen MR) is 89.3 cm³/mol. The van der Waals surface area contributed by atoms with Gasteiger partial charge in [-0.1, -0.05) is 23.4 Å². The van der Waals surface area contributed by atoms with Gasteiger partial charge in [0.2, 0.25) is 11.8 Å². The van der Waals surface area contributed by atoms with Crippen LogP contribution in [-0.2, 0) is 23.1 Å². The molecule has 0 aliphatic heterocycles. The summed E-state index contributed by atoms with van der Waals surface area (Å²) in [7, 11) is 1.79. The summed E-state index contributed by atoms with van der Waals surface area (Å²) in [4.78, 5) is 22.7. The highest BCUT2D eigenvalue weighted by Gasteiger charge is 2.12. The van der Waals surface area contributed by atoms with Crippen LogP contribution in [0.15, 0.2) is 29.4 Å². The summed E-state index contributed by atoms with van der Waals surface area (Å²) in [5.41, 5.74) is 5.80. The Morgan fingerprint density at radius 3 is 2.65 bits per heavy atom. The molecule has 0 spiro atoms. The maximum absolute atomic E-state index is 11.9. The van der Waals surface area contributed by atoms with Crippen molar-refractivity contribution < 1.29 is 9.59 Å². The van der Waals surface area contributed by atoms with E-state index in [2.05, 4.69) is 15.5 Å². The number of primary amides is 1. The maximum atomic E-state index is 11.9. The standard InChI is InChI=1S/C14H16ClN5O2S/c1-20-12(7-6-11(16)21)18-19-14(20)23-8-13(22)17-10-4-2-9(15)3-5-10/h2-5H,6-8H2,1H3,(H2,16,21)(H,17,22). The molecule has 0 bridgehead atoms. The maximum Gasteiger partial charge on any atom is 0.234 e. The first-order valence-corrected chi connectivity index (χ1v) is 8.17. The van der Waals surface area contributed by atoms with E-state index in [1.165, 1.54) is 11.8 Å². The van der Waals surface area contributed by atoms with Crippen LogP contribution in [-0.4, -0.2) is 32.3 Å². The molecule has 23 heavy (non-hydrogen) atoms. The zero-order valence-corrected chi connectivity index (χ0v) is 14.0. The molecule has 122 valence electrons.